The van der Waals surface area contributed by atoms with E-state index in [0.717, 1.165) is 17.1 Å². The maximum Gasteiger partial charge on any atom is 0.257 e. The lowest BCUT2D eigenvalue weighted by Gasteiger charge is -2.15. The van der Waals surface area contributed by atoms with Crippen LogP contribution in [0.4, 0.5) is 0 Å². The molecular weight excluding hydrogens is 284 g/mol. The van der Waals surface area contributed by atoms with Crippen molar-refractivity contribution in [3.8, 4) is 0 Å². The minimum absolute atomic E-state index is 0.0210. The molecule has 0 radical (unpaired) electrons. The number of hydrogen-bond donors (Lipinski definition) is 0. The fraction of sp³-hybridized carbons (Fsp3) is 0.533. The molecule has 0 atom stereocenters. The average Bonchev–Trinajstić information content (AvgIpc) is 3.01. The first-order chi connectivity index (χ1) is 9.88. The highest BCUT2D eigenvalue weighted by atomic mass is 32.1. The summed E-state index contributed by atoms with van der Waals surface area (Å²) >= 11 is 1.68. The van der Waals surface area contributed by atoms with Gasteiger partial charge in [0.05, 0.1) is 16.3 Å². The molecule has 1 amide bonds. The predicted octanol–water partition coefficient (Wildman–Crippen LogP) is 2.85. The van der Waals surface area contributed by atoms with Crippen molar-refractivity contribution < 1.29 is 4.79 Å². The number of carbonyl (C=O) groups is 1. The molecule has 0 bridgehead atoms. The molecule has 0 unspecified atom stereocenters. The van der Waals surface area contributed by atoms with Crippen molar-refractivity contribution >= 4 is 17.2 Å². The molecule has 2 aromatic heterocycles. The summed E-state index contributed by atoms with van der Waals surface area (Å²) in [5.41, 5.74) is 1.46. The first-order valence-corrected chi connectivity index (χ1v) is 7.92. The Labute approximate surface area is 129 Å². The van der Waals surface area contributed by atoms with Crippen LogP contribution in [0.25, 0.3) is 0 Å². The summed E-state index contributed by atoms with van der Waals surface area (Å²) in [4.78, 5) is 19.8. The number of rotatable bonds is 5. The molecule has 0 saturated carbocycles. The molecule has 0 saturated heterocycles. The van der Waals surface area contributed by atoms with E-state index in [9.17, 15) is 4.79 Å². The maximum absolute atomic E-state index is 12.5. The number of aryl methyl sites for hydroxylation is 2. The zero-order chi connectivity index (χ0) is 15.6. The van der Waals surface area contributed by atoms with E-state index < -0.39 is 0 Å². The first kappa shape index (κ1) is 15.7. The topological polar surface area (TPSA) is 51.0 Å². The van der Waals surface area contributed by atoms with Gasteiger partial charge in [0, 0.05) is 43.3 Å². The van der Waals surface area contributed by atoms with Crippen molar-refractivity contribution in [3.63, 3.8) is 0 Å². The van der Waals surface area contributed by atoms with Gasteiger partial charge >= 0.3 is 0 Å². The summed E-state index contributed by atoms with van der Waals surface area (Å²) in [5.74, 6) is 0.0210. The number of carbonyl (C=O) groups excluding carboxylic acids is 1. The van der Waals surface area contributed by atoms with Crippen LogP contribution in [-0.2, 0) is 6.42 Å². The third-order valence-corrected chi connectivity index (χ3v) is 4.33. The Morgan fingerprint density at radius 1 is 1.43 bits per heavy atom. The summed E-state index contributed by atoms with van der Waals surface area (Å²) in [6.45, 7) is 8.69. The number of hydrogen-bond acceptors (Lipinski definition) is 4. The number of likely N-dealkylation sites (N-methyl/N-ethyl adjacent to an activating group) is 1. The highest BCUT2D eigenvalue weighted by molar-refractivity contribution is 7.11. The normalized spacial score (nSPS) is 11.1. The van der Waals surface area contributed by atoms with Gasteiger partial charge in [-0.3, -0.25) is 9.48 Å². The fourth-order valence-corrected chi connectivity index (χ4v) is 2.82. The Bertz CT molecular complexity index is 629. The summed E-state index contributed by atoms with van der Waals surface area (Å²) in [5, 5.41) is 5.47. The second-order valence-electron chi connectivity index (χ2n) is 5.54. The van der Waals surface area contributed by atoms with Gasteiger partial charge in [-0.25, -0.2) is 4.98 Å². The third kappa shape index (κ3) is 3.69. The van der Waals surface area contributed by atoms with E-state index in [1.54, 1.807) is 16.2 Å². The van der Waals surface area contributed by atoms with Crippen molar-refractivity contribution in [2.24, 2.45) is 0 Å². The number of aromatic nitrogens is 3. The molecule has 0 N–H and O–H groups in total. The van der Waals surface area contributed by atoms with E-state index in [-0.39, 0.29) is 11.9 Å². The van der Waals surface area contributed by atoms with Crippen LogP contribution in [0.5, 0.6) is 0 Å². The van der Waals surface area contributed by atoms with E-state index in [4.69, 9.17) is 0 Å². The summed E-state index contributed by atoms with van der Waals surface area (Å²) < 4.78 is 1.83. The van der Waals surface area contributed by atoms with Gasteiger partial charge in [0.1, 0.15) is 0 Å². The lowest BCUT2D eigenvalue weighted by atomic mass is 10.2. The van der Waals surface area contributed by atoms with Gasteiger partial charge in [0.15, 0.2) is 0 Å². The summed E-state index contributed by atoms with van der Waals surface area (Å²) in [6, 6.07) is 0.258. The second-order valence-corrected chi connectivity index (χ2v) is 6.86. The number of thiazole rings is 1. The van der Waals surface area contributed by atoms with Crippen LogP contribution in [0, 0.1) is 13.8 Å². The quantitative estimate of drug-likeness (QED) is 0.853. The lowest BCUT2D eigenvalue weighted by Crippen LogP contribution is -2.29. The molecule has 0 aliphatic rings. The average molecular weight is 306 g/mol. The maximum atomic E-state index is 12.5. The second kappa shape index (κ2) is 6.39. The van der Waals surface area contributed by atoms with E-state index in [0.29, 0.717) is 12.1 Å². The van der Waals surface area contributed by atoms with Gasteiger partial charge in [0.25, 0.3) is 5.91 Å². The molecule has 6 heteroatoms. The van der Waals surface area contributed by atoms with Crippen molar-refractivity contribution in [1.82, 2.24) is 19.7 Å². The Hall–Kier alpha value is -1.69. The molecule has 2 aromatic rings. The van der Waals surface area contributed by atoms with Crippen LogP contribution >= 0.6 is 11.3 Å². The molecule has 21 heavy (non-hydrogen) atoms. The Balaban J connectivity index is 2.01. The number of nitrogens with zero attached hydrogens (tertiary/aromatic N) is 4. The monoisotopic (exact) mass is 306 g/mol. The van der Waals surface area contributed by atoms with Crippen LogP contribution in [0.15, 0.2) is 12.4 Å². The Morgan fingerprint density at radius 2 is 2.14 bits per heavy atom. The molecule has 2 heterocycles. The van der Waals surface area contributed by atoms with Gasteiger partial charge in [-0.2, -0.15) is 5.10 Å². The van der Waals surface area contributed by atoms with Crippen LogP contribution in [0.1, 0.15) is 45.8 Å². The Kier molecular flexibility index (Phi) is 4.77. The molecule has 0 aromatic carbocycles. The van der Waals surface area contributed by atoms with Crippen LogP contribution in [-0.4, -0.2) is 39.2 Å². The van der Waals surface area contributed by atoms with Crippen LogP contribution in [0.3, 0.4) is 0 Å². The van der Waals surface area contributed by atoms with Crippen LogP contribution < -0.4 is 0 Å². The SMILES string of the molecule is Cc1cnc(CCN(C)C(=O)c2cn(C(C)C)nc2C)s1. The highest BCUT2D eigenvalue weighted by Crippen LogP contribution is 2.15. The van der Waals surface area contributed by atoms with Crippen LogP contribution in [0.2, 0.25) is 0 Å². The molecule has 0 aliphatic carbocycles. The van der Waals surface area contributed by atoms with E-state index in [1.807, 2.05) is 38.0 Å². The van der Waals surface area contributed by atoms with Gasteiger partial charge in [0.2, 0.25) is 0 Å². The fourth-order valence-electron chi connectivity index (χ4n) is 2.04. The minimum atomic E-state index is 0.0210. The van der Waals surface area contributed by atoms with Gasteiger partial charge in [-0.05, 0) is 27.7 Å². The standard InChI is InChI=1S/C15H22N4OS/c1-10(2)19-9-13(12(4)17-19)15(20)18(5)7-6-14-16-8-11(3)21-14/h8-10H,6-7H2,1-5H3. The molecule has 0 aliphatic heterocycles. The van der Waals surface area contributed by atoms with E-state index in [1.165, 1.54) is 4.88 Å². The lowest BCUT2D eigenvalue weighted by molar-refractivity contribution is 0.0796. The number of amides is 1. The van der Waals surface area contributed by atoms with Crippen molar-refractivity contribution in [1.29, 1.82) is 0 Å². The zero-order valence-corrected chi connectivity index (χ0v) is 14.1. The molecule has 0 spiro atoms. The third-order valence-electron chi connectivity index (χ3n) is 3.35. The minimum Gasteiger partial charge on any atom is -0.341 e. The van der Waals surface area contributed by atoms with Gasteiger partial charge in [-0.1, -0.05) is 0 Å². The molecular formula is C15H22N4OS. The largest absolute Gasteiger partial charge is 0.341 e. The Morgan fingerprint density at radius 3 is 2.67 bits per heavy atom. The highest BCUT2D eigenvalue weighted by Gasteiger charge is 2.18. The molecule has 114 valence electrons. The summed E-state index contributed by atoms with van der Waals surface area (Å²) in [7, 11) is 1.83. The predicted molar refractivity (Wildman–Crippen MR) is 84.9 cm³/mol. The molecule has 5 nitrogen and oxygen atoms in total. The molecule has 2 rings (SSSR count). The first-order valence-electron chi connectivity index (χ1n) is 7.11. The van der Waals surface area contributed by atoms with E-state index in [2.05, 4.69) is 23.9 Å². The molecule has 0 fully saturated rings. The van der Waals surface area contributed by atoms with Crippen molar-refractivity contribution in [2.45, 2.75) is 40.2 Å². The van der Waals surface area contributed by atoms with Crippen molar-refractivity contribution in [2.75, 3.05) is 13.6 Å². The van der Waals surface area contributed by atoms with Crippen molar-refractivity contribution in [3.05, 3.63) is 33.5 Å². The van der Waals surface area contributed by atoms with Gasteiger partial charge < -0.3 is 4.90 Å². The summed E-state index contributed by atoms with van der Waals surface area (Å²) in [6.07, 6.45) is 4.50. The van der Waals surface area contributed by atoms with Gasteiger partial charge in [-0.15, -0.1) is 11.3 Å². The zero-order valence-electron chi connectivity index (χ0n) is 13.3. The van der Waals surface area contributed by atoms with E-state index >= 15 is 0 Å². The smallest absolute Gasteiger partial charge is 0.257 e.